The Kier molecular flexibility index (Phi) is 4.81. The minimum Gasteiger partial charge on any atom is -0.497 e. The molecule has 0 aromatic heterocycles. The van der Waals surface area contributed by atoms with E-state index in [9.17, 15) is 0 Å². The summed E-state index contributed by atoms with van der Waals surface area (Å²) in [7, 11) is 3.06. The van der Waals surface area contributed by atoms with E-state index < -0.39 is 0 Å². The summed E-state index contributed by atoms with van der Waals surface area (Å²) < 4.78 is 10.6. The van der Waals surface area contributed by atoms with Gasteiger partial charge in [0.25, 0.3) is 0 Å². The minimum atomic E-state index is -0.353. The van der Waals surface area contributed by atoms with E-state index in [1.54, 1.807) is 14.2 Å². The molecule has 0 aliphatic heterocycles. The van der Waals surface area contributed by atoms with Crippen molar-refractivity contribution in [3.05, 3.63) is 48.5 Å². The lowest BCUT2D eigenvalue weighted by molar-refractivity contribution is 0.415. The van der Waals surface area contributed by atoms with E-state index in [0.29, 0.717) is 0 Å². The smallest absolute Gasteiger partial charge is 0.119 e. The number of ether oxygens (including phenoxy) is 2. The Hall–Kier alpha value is -1.53. The summed E-state index contributed by atoms with van der Waals surface area (Å²) in [6, 6.07) is 16.7. The molecular formula is C16H19O2P. The van der Waals surface area contributed by atoms with Crippen molar-refractivity contribution in [2.45, 2.75) is 6.92 Å². The molecule has 2 nitrogen and oxygen atoms in total. The van der Waals surface area contributed by atoms with Crippen molar-refractivity contribution in [2.24, 2.45) is 0 Å². The number of benzene rings is 2. The Labute approximate surface area is 116 Å². The highest BCUT2D eigenvalue weighted by Gasteiger charge is 2.12. The van der Waals surface area contributed by atoms with Crippen LogP contribution in [0, 0.1) is 0 Å². The summed E-state index contributed by atoms with van der Waals surface area (Å²) in [6.07, 6.45) is 1.11. The van der Waals surface area contributed by atoms with Gasteiger partial charge in [0, 0.05) is 0 Å². The van der Waals surface area contributed by atoms with Crippen LogP contribution in [0.4, 0.5) is 0 Å². The fourth-order valence-electron chi connectivity index (χ4n) is 2.07. The first kappa shape index (κ1) is 13.9. The van der Waals surface area contributed by atoms with E-state index in [-0.39, 0.29) is 7.92 Å². The van der Waals surface area contributed by atoms with Gasteiger partial charge in [-0.1, -0.05) is 31.2 Å². The maximum absolute atomic E-state index is 5.32. The Bertz CT molecular complexity index is 492. The van der Waals surface area contributed by atoms with Crippen molar-refractivity contribution in [1.82, 2.24) is 0 Å². The molecule has 0 aliphatic rings. The van der Waals surface area contributed by atoms with Crippen LogP contribution in [0.3, 0.4) is 0 Å². The molecule has 100 valence electrons. The first-order chi connectivity index (χ1) is 9.28. The van der Waals surface area contributed by atoms with Crippen LogP contribution in [0.25, 0.3) is 0 Å². The topological polar surface area (TPSA) is 18.5 Å². The molecule has 2 rings (SSSR count). The lowest BCUT2D eigenvalue weighted by Gasteiger charge is -2.18. The molecule has 0 aliphatic carbocycles. The molecule has 0 bridgehead atoms. The molecule has 19 heavy (non-hydrogen) atoms. The van der Waals surface area contributed by atoms with E-state index in [1.165, 1.54) is 10.6 Å². The van der Waals surface area contributed by atoms with Crippen molar-refractivity contribution >= 4 is 18.5 Å². The van der Waals surface area contributed by atoms with E-state index >= 15 is 0 Å². The third-order valence-corrected chi connectivity index (χ3v) is 5.48. The SMILES string of the molecule is CCP(c1cccc(OC)c1)c1cccc(OC)c1. The van der Waals surface area contributed by atoms with Gasteiger partial charge in [0.05, 0.1) is 14.2 Å². The zero-order valence-corrected chi connectivity index (χ0v) is 12.5. The second kappa shape index (κ2) is 6.58. The minimum absolute atomic E-state index is 0.353. The summed E-state index contributed by atoms with van der Waals surface area (Å²) in [5, 5.41) is 2.68. The van der Waals surface area contributed by atoms with Crippen molar-refractivity contribution in [2.75, 3.05) is 20.4 Å². The van der Waals surface area contributed by atoms with E-state index in [1.807, 2.05) is 12.1 Å². The van der Waals surface area contributed by atoms with Gasteiger partial charge in [-0.05, 0) is 49.0 Å². The first-order valence-electron chi connectivity index (χ1n) is 6.34. The maximum Gasteiger partial charge on any atom is 0.119 e. The number of rotatable bonds is 5. The number of methoxy groups -OCH3 is 2. The summed E-state index contributed by atoms with van der Waals surface area (Å²) in [6.45, 7) is 2.23. The lowest BCUT2D eigenvalue weighted by atomic mass is 10.3. The molecule has 0 saturated carbocycles. The summed E-state index contributed by atoms with van der Waals surface area (Å²) in [4.78, 5) is 0. The largest absolute Gasteiger partial charge is 0.497 e. The fourth-order valence-corrected chi connectivity index (χ4v) is 4.20. The third-order valence-electron chi connectivity index (χ3n) is 3.05. The number of hydrogen-bond donors (Lipinski definition) is 0. The van der Waals surface area contributed by atoms with E-state index in [2.05, 4.69) is 43.3 Å². The molecule has 0 amide bonds. The van der Waals surface area contributed by atoms with Crippen LogP contribution in [-0.2, 0) is 0 Å². The van der Waals surface area contributed by atoms with Gasteiger partial charge in [-0.15, -0.1) is 0 Å². The van der Waals surface area contributed by atoms with Crippen molar-refractivity contribution < 1.29 is 9.47 Å². The molecule has 0 atom stereocenters. The molecule has 2 aromatic rings. The quantitative estimate of drug-likeness (QED) is 0.780. The average Bonchev–Trinajstić information content (AvgIpc) is 2.48. The monoisotopic (exact) mass is 274 g/mol. The van der Waals surface area contributed by atoms with Crippen molar-refractivity contribution in [1.29, 1.82) is 0 Å². The molecule has 3 heteroatoms. The van der Waals surface area contributed by atoms with Crippen molar-refractivity contribution in [3.63, 3.8) is 0 Å². The Morgan fingerprint density at radius 3 is 1.68 bits per heavy atom. The van der Waals surface area contributed by atoms with Crippen LogP contribution < -0.4 is 20.1 Å². The van der Waals surface area contributed by atoms with Crippen LogP contribution in [-0.4, -0.2) is 20.4 Å². The second-order valence-electron chi connectivity index (χ2n) is 4.15. The van der Waals surface area contributed by atoms with Crippen LogP contribution in [0.2, 0.25) is 0 Å². The lowest BCUT2D eigenvalue weighted by Crippen LogP contribution is -2.13. The molecule has 0 heterocycles. The third kappa shape index (κ3) is 3.27. The van der Waals surface area contributed by atoms with Gasteiger partial charge in [0.2, 0.25) is 0 Å². The van der Waals surface area contributed by atoms with Gasteiger partial charge >= 0.3 is 0 Å². The first-order valence-corrected chi connectivity index (χ1v) is 7.86. The Morgan fingerprint density at radius 1 is 0.842 bits per heavy atom. The highest BCUT2D eigenvalue weighted by atomic mass is 31.1. The van der Waals surface area contributed by atoms with Gasteiger partial charge in [0.1, 0.15) is 11.5 Å². The number of hydrogen-bond acceptors (Lipinski definition) is 2. The molecule has 0 fully saturated rings. The van der Waals surface area contributed by atoms with Gasteiger partial charge < -0.3 is 9.47 Å². The maximum atomic E-state index is 5.32. The van der Waals surface area contributed by atoms with Gasteiger partial charge in [-0.25, -0.2) is 0 Å². The van der Waals surface area contributed by atoms with Crippen LogP contribution >= 0.6 is 7.92 Å². The van der Waals surface area contributed by atoms with E-state index in [4.69, 9.17) is 9.47 Å². The normalized spacial score (nSPS) is 10.5. The standard InChI is InChI=1S/C16H19O2P/c1-4-19(15-9-5-7-13(11-15)17-2)16-10-6-8-14(12-16)18-3/h5-12H,4H2,1-3H3. The van der Waals surface area contributed by atoms with Crippen LogP contribution in [0.5, 0.6) is 11.5 Å². The highest BCUT2D eigenvalue weighted by molar-refractivity contribution is 7.72. The Balaban J connectivity index is 2.37. The zero-order valence-electron chi connectivity index (χ0n) is 11.6. The Morgan fingerprint density at radius 2 is 1.32 bits per heavy atom. The molecular weight excluding hydrogens is 255 g/mol. The predicted octanol–water partition coefficient (Wildman–Crippen LogP) is 3.16. The molecule has 0 saturated heterocycles. The van der Waals surface area contributed by atoms with Gasteiger partial charge in [-0.3, -0.25) is 0 Å². The summed E-state index contributed by atoms with van der Waals surface area (Å²) >= 11 is 0. The van der Waals surface area contributed by atoms with E-state index in [0.717, 1.165) is 17.7 Å². The predicted molar refractivity (Wildman–Crippen MR) is 82.7 cm³/mol. The highest BCUT2D eigenvalue weighted by Crippen LogP contribution is 2.34. The molecule has 0 unspecified atom stereocenters. The summed E-state index contributed by atoms with van der Waals surface area (Å²) in [5.74, 6) is 1.84. The molecule has 0 spiro atoms. The molecule has 2 aromatic carbocycles. The van der Waals surface area contributed by atoms with Gasteiger partial charge in [-0.2, -0.15) is 0 Å². The molecule has 0 N–H and O–H groups in total. The van der Waals surface area contributed by atoms with Crippen LogP contribution in [0.1, 0.15) is 6.92 Å². The van der Waals surface area contributed by atoms with Crippen LogP contribution in [0.15, 0.2) is 48.5 Å². The van der Waals surface area contributed by atoms with Crippen molar-refractivity contribution in [3.8, 4) is 11.5 Å². The average molecular weight is 274 g/mol. The van der Waals surface area contributed by atoms with Gasteiger partial charge in [0.15, 0.2) is 0 Å². The summed E-state index contributed by atoms with van der Waals surface area (Å²) in [5.41, 5.74) is 0. The zero-order chi connectivity index (χ0) is 13.7. The fraction of sp³-hybridized carbons (Fsp3) is 0.250. The molecule has 0 radical (unpaired) electrons. The second-order valence-corrected chi connectivity index (χ2v) is 6.67.